The molecule has 0 bridgehead atoms. The van der Waals surface area contributed by atoms with Crippen molar-refractivity contribution < 1.29 is 4.74 Å². The second-order valence-corrected chi connectivity index (χ2v) is 3.79. The quantitative estimate of drug-likeness (QED) is 0.696. The molecule has 12 heavy (non-hydrogen) atoms. The fourth-order valence-corrected chi connectivity index (χ4v) is 1.95. The van der Waals surface area contributed by atoms with E-state index >= 15 is 0 Å². The average Bonchev–Trinajstić information content (AvgIpc) is 2.09. The van der Waals surface area contributed by atoms with Crippen molar-refractivity contribution >= 4 is 0 Å². The van der Waals surface area contributed by atoms with Gasteiger partial charge in [0.15, 0.2) is 0 Å². The third-order valence-corrected chi connectivity index (χ3v) is 2.66. The van der Waals surface area contributed by atoms with Gasteiger partial charge in [-0.25, -0.2) is 0 Å². The van der Waals surface area contributed by atoms with E-state index in [2.05, 4.69) is 12.2 Å². The van der Waals surface area contributed by atoms with Crippen LogP contribution in [0.2, 0.25) is 0 Å². The van der Waals surface area contributed by atoms with Crippen LogP contribution in [0.25, 0.3) is 0 Å². The third-order valence-electron chi connectivity index (χ3n) is 2.66. The van der Waals surface area contributed by atoms with Gasteiger partial charge in [0, 0.05) is 19.7 Å². The lowest BCUT2D eigenvalue weighted by atomic mass is 9.93. The van der Waals surface area contributed by atoms with Gasteiger partial charge >= 0.3 is 0 Å². The minimum absolute atomic E-state index is 0.753. The Labute approximate surface area is 75.7 Å². The van der Waals surface area contributed by atoms with Crippen molar-refractivity contribution in [3.8, 4) is 0 Å². The highest BCUT2D eigenvalue weighted by Crippen LogP contribution is 2.16. The summed E-state index contributed by atoms with van der Waals surface area (Å²) in [4.78, 5) is 0. The first kappa shape index (κ1) is 10.0. The normalized spacial score (nSPS) is 30.5. The summed E-state index contributed by atoms with van der Waals surface area (Å²) < 4.78 is 5.14. The van der Waals surface area contributed by atoms with E-state index in [-0.39, 0.29) is 0 Å². The van der Waals surface area contributed by atoms with E-state index < -0.39 is 0 Å². The van der Waals surface area contributed by atoms with Crippen molar-refractivity contribution in [3.63, 3.8) is 0 Å². The molecule has 0 aromatic carbocycles. The zero-order chi connectivity index (χ0) is 8.81. The second kappa shape index (κ2) is 5.55. The van der Waals surface area contributed by atoms with Gasteiger partial charge in [-0.2, -0.15) is 0 Å². The van der Waals surface area contributed by atoms with E-state index in [0.29, 0.717) is 0 Å². The second-order valence-electron chi connectivity index (χ2n) is 3.79. The van der Waals surface area contributed by atoms with Crippen LogP contribution in [-0.2, 0) is 4.74 Å². The zero-order valence-electron chi connectivity index (χ0n) is 8.31. The first-order valence-electron chi connectivity index (χ1n) is 5.09. The van der Waals surface area contributed by atoms with Crippen LogP contribution in [-0.4, -0.2) is 26.3 Å². The van der Waals surface area contributed by atoms with Crippen molar-refractivity contribution in [2.75, 3.05) is 20.3 Å². The largest absolute Gasteiger partial charge is 0.384 e. The molecule has 1 aliphatic rings. The Balaban J connectivity index is 2.11. The Morgan fingerprint density at radius 2 is 2.25 bits per heavy atom. The van der Waals surface area contributed by atoms with E-state index in [9.17, 15) is 0 Å². The number of ether oxygens (including phenoxy) is 1. The highest BCUT2D eigenvalue weighted by molar-refractivity contribution is 4.77. The van der Waals surface area contributed by atoms with Gasteiger partial charge in [-0.1, -0.05) is 13.3 Å². The third kappa shape index (κ3) is 3.11. The van der Waals surface area contributed by atoms with Crippen LogP contribution in [0.4, 0.5) is 0 Å². The van der Waals surface area contributed by atoms with Crippen molar-refractivity contribution in [2.24, 2.45) is 5.92 Å². The summed E-state index contributed by atoms with van der Waals surface area (Å²) in [6, 6.07) is 0.781. The first-order chi connectivity index (χ1) is 5.86. The van der Waals surface area contributed by atoms with Gasteiger partial charge in [0.2, 0.25) is 0 Å². The smallest absolute Gasteiger partial charge is 0.0502 e. The maximum atomic E-state index is 5.14. The van der Waals surface area contributed by atoms with Gasteiger partial charge in [0.05, 0.1) is 6.61 Å². The van der Waals surface area contributed by atoms with Crippen molar-refractivity contribution in [1.29, 1.82) is 0 Å². The molecule has 0 amide bonds. The molecule has 72 valence electrons. The predicted molar refractivity (Wildman–Crippen MR) is 51.3 cm³/mol. The van der Waals surface area contributed by atoms with E-state index in [4.69, 9.17) is 4.74 Å². The Hall–Kier alpha value is -0.0800. The van der Waals surface area contributed by atoms with Crippen molar-refractivity contribution in [1.82, 2.24) is 5.32 Å². The van der Waals surface area contributed by atoms with E-state index in [1.165, 1.54) is 25.7 Å². The number of piperidine rings is 1. The lowest BCUT2D eigenvalue weighted by Crippen LogP contribution is -2.40. The molecule has 0 radical (unpaired) electrons. The SMILES string of the molecule is CCCC1CCC(COC)CN1. The highest BCUT2D eigenvalue weighted by atomic mass is 16.5. The van der Waals surface area contributed by atoms with Crippen molar-refractivity contribution in [3.05, 3.63) is 0 Å². The van der Waals surface area contributed by atoms with Crippen LogP contribution < -0.4 is 5.32 Å². The molecule has 1 aliphatic heterocycles. The minimum Gasteiger partial charge on any atom is -0.384 e. The van der Waals surface area contributed by atoms with Crippen LogP contribution in [0.5, 0.6) is 0 Å². The van der Waals surface area contributed by atoms with Gasteiger partial charge in [0.25, 0.3) is 0 Å². The van der Waals surface area contributed by atoms with Crippen LogP contribution in [0.15, 0.2) is 0 Å². The van der Waals surface area contributed by atoms with Crippen LogP contribution in [0.3, 0.4) is 0 Å². The van der Waals surface area contributed by atoms with Crippen LogP contribution in [0, 0.1) is 5.92 Å². The molecule has 0 spiro atoms. The molecule has 0 saturated carbocycles. The molecule has 0 aliphatic carbocycles. The summed E-state index contributed by atoms with van der Waals surface area (Å²) in [5, 5.41) is 3.57. The van der Waals surface area contributed by atoms with Crippen molar-refractivity contribution in [2.45, 2.75) is 38.6 Å². The molecule has 0 aromatic rings. The summed E-state index contributed by atoms with van der Waals surface area (Å²) in [6.45, 7) is 4.33. The molecule has 1 fully saturated rings. The first-order valence-corrected chi connectivity index (χ1v) is 5.09. The van der Waals surface area contributed by atoms with Crippen LogP contribution >= 0.6 is 0 Å². The lowest BCUT2D eigenvalue weighted by molar-refractivity contribution is 0.128. The molecule has 0 aromatic heterocycles. The molecule has 2 unspecified atom stereocenters. The monoisotopic (exact) mass is 171 g/mol. The fraction of sp³-hybridized carbons (Fsp3) is 1.00. The van der Waals surface area contributed by atoms with Gasteiger partial charge in [-0.15, -0.1) is 0 Å². The maximum absolute atomic E-state index is 5.14. The van der Waals surface area contributed by atoms with Gasteiger partial charge in [0.1, 0.15) is 0 Å². The number of rotatable bonds is 4. The Morgan fingerprint density at radius 3 is 2.75 bits per heavy atom. The average molecular weight is 171 g/mol. The number of nitrogens with one attached hydrogen (secondary N) is 1. The number of methoxy groups -OCH3 is 1. The van der Waals surface area contributed by atoms with Gasteiger partial charge < -0.3 is 10.1 Å². The molecule has 1 N–H and O–H groups in total. The molecule has 1 rings (SSSR count). The topological polar surface area (TPSA) is 21.3 Å². The molecule has 1 saturated heterocycles. The van der Waals surface area contributed by atoms with Gasteiger partial charge in [-0.05, 0) is 25.2 Å². The highest BCUT2D eigenvalue weighted by Gasteiger charge is 2.19. The van der Waals surface area contributed by atoms with E-state index in [1.54, 1.807) is 7.11 Å². The Bertz CT molecular complexity index is 94.4. The lowest BCUT2D eigenvalue weighted by Gasteiger charge is -2.29. The maximum Gasteiger partial charge on any atom is 0.0502 e. The summed E-state index contributed by atoms with van der Waals surface area (Å²) >= 11 is 0. The standard InChI is InChI=1S/C10H21NO/c1-3-4-10-6-5-9(7-11-10)8-12-2/h9-11H,3-8H2,1-2H3. The number of hydrogen-bond donors (Lipinski definition) is 1. The van der Waals surface area contributed by atoms with E-state index in [0.717, 1.165) is 25.1 Å². The predicted octanol–water partition coefficient (Wildman–Crippen LogP) is 1.80. The van der Waals surface area contributed by atoms with Crippen LogP contribution in [0.1, 0.15) is 32.6 Å². The summed E-state index contributed by atoms with van der Waals surface area (Å²) in [5.41, 5.74) is 0. The minimum atomic E-state index is 0.753. The Morgan fingerprint density at radius 1 is 1.42 bits per heavy atom. The van der Waals surface area contributed by atoms with E-state index in [1.807, 2.05) is 0 Å². The summed E-state index contributed by atoms with van der Waals surface area (Å²) in [5.74, 6) is 0.753. The molecule has 2 atom stereocenters. The molecular weight excluding hydrogens is 150 g/mol. The van der Waals surface area contributed by atoms with Gasteiger partial charge in [-0.3, -0.25) is 0 Å². The molecule has 2 heteroatoms. The molecule has 1 heterocycles. The fourth-order valence-electron chi connectivity index (χ4n) is 1.95. The molecular formula is C10H21NO. The summed E-state index contributed by atoms with van der Waals surface area (Å²) in [7, 11) is 1.79. The number of hydrogen-bond acceptors (Lipinski definition) is 2. The Kier molecular flexibility index (Phi) is 4.62. The summed E-state index contributed by atoms with van der Waals surface area (Å²) in [6.07, 6.45) is 5.31. The zero-order valence-corrected chi connectivity index (χ0v) is 8.31. The molecule has 2 nitrogen and oxygen atoms in total.